The monoisotopic (exact) mass is 350 g/mol. The van der Waals surface area contributed by atoms with Gasteiger partial charge in [0.15, 0.2) is 14.5 Å². The summed E-state index contributed by atoms with van der Waals surface area (Å²) in [6, 6.07) is 2.70. The second-order valence-corrected chi connectivity index (χ2v) is 7.39. The summed E-state index contributed by atoms with van der Waals surface area (Å²) in [6.45, 7) is 2.27. The van der Waals surface area contributed by atoms with Crippen molar-refractivity contribution in [2.24, 2.45) is 0 Å². The van der Waals surface area contributed by atoms with Crippen LogP contribution in [0.5, 0.6) is 0 Å². The van der Waals surface area contributed by atoms with Gasteiger partial charge in [-0.25, -0.2) is 13.2 Å². The van der Waals surface area contributed by atoms with Crippen LogP contribution in [0, 0.1) is 0 Å². The van der Waals surface area contributed by atoms with E-state index in [0.29, 0.717) is 23.5 Å². The van der Waals surface area contributed by atoms with E-state index in [2.05, 4.69) is 21.2 Å². The summed E-state index contributed by atoms with van der Waals surface area (Å²) in [6.07, 6.45) is 0.492. The highest BCUT2D eigenvalue weighted by atomic mass is 79.9. The zero-order valence-corrected chi connectivity index (χ0v) is 12.8. The number of hydrogen-bond acceptors (Lipinski definition) is 4. The standard InChI is InChI=1S/C11H15BrN2O4S/c1-2-14(8-5-6-19(16,17)7-8)11(15)13-10-4-3-9(12)18-10/h3-4,8H,2,5-7H2,1H3,(H,13,15). The fraction of sp³-hybridized carbons (Fsp3) is 0.545. The molecule has 0 radical (unpaired) electrons. The molecular weight excluding hydrogens is 336 g/mol. The minimum atomic E-state index is -3.01. The van der Waals surface area contributed by atoms with Crippen molar-refractivity contribution in [1.29, 1.82) is 0 Å². The summed E-state index contributed by atoms with van der Waals surface area (Å²) in [5.41, 5.74) is 0. The number of carbonyl (C=O) groups is 1. The van der Waals surface area contributed by atoms with E-state index in [1.54, 1.807) is 12.1 Å². The molecule has 8 heteroatoms. The van der Waals surface area contributed by atoms with Crippen molar-refractivity contribution in [2.45, 2.75) is 19.4 Å². The van der Waals surface area contributed by atoms with Crippen LogP contribution in [0.4, 0.5) is 10.7 Å². The summed E-state index contributed by atoms with van der Waals surface area (Å²) in [7, 11) is -3.01. The number of rotatable bonds is 3. The Balaban J connectivity index is 2.03. The first kappa shape index (κ1) is 14.4. The first-order valence-corrected chi connectivity index (χ1v) is 8.56. The molecule has 1 fully saturated rings. The van der Waals surface area contributed by atoms with Crippen molar-refractivity contribution in [3.05, 3.63) is 16.8 Å². The Kier molecular flexibility index (Phi) is 4.19. The number of amides is 2. The fourth-order valence-corrected chi connectivity index (χ4v) is 4.18. The van der Waals surface area contributed by atoms with Crippen LogP contribution >= 0.6 is 15.9 Å². The predicted octanol–water partition coefficient (Wildman–Crippen LogP) is 2.08. The Morgan fingerprint density at radius 1 is 1.58 bits per heavy atom. The molecule has 0 bridgehead atoms. The van der Waals surface area contributed by atoms with Gasteiger partial charge in [0, 0.05) is 18.7 Å². The summed E-state index contributed by atoms with van der Waals surface area (Å²) in [5, 5.41) is 2.61. The van der Waals surface area contributed by atoms with Crippen LogP contribution in [0.1, 0.15) is 13.3 Å². The van der Waals surface area contributed by atoms with E-state index in [4.69, 9.17) is 4.42 Å². The third-order valence-corrected chi connectivity index (χ3v) is 5.23. The molecule has 1 aromatic heterocycles. The topological polar surface area (TPSA) is 79.6 Å². The van der Waals surface area contributed by atoms with Crippen molar-refractivity contribution in [3.8, 4) is 0 Å². The molecule has 1 N–H and O–H groups in total. The zero-order valence-electron chi connectivity index (χ0n) is 10.4. The second kappa shape index (κ2) is 5.54. The number of nitrogens with zero attached hydrogens (tertiary/aromatic N) is 1. The van der Waals surface area contributed by atoms with Gasteiger partial charge in [-0.15, -0.1) is 0 Å². The Labute approximate surface area is 120 Å². The molecule has 2 rings (SSSR count). The molecule has 6 nitrogen and oxygen atoms in total. The lowest BCUT2D eigenvalue weighted by Gasteiger charge is -2.26. The molecular formula is C11H15BrN2O4S. The molecule has 106 valence electrons. The third-order valence-electron chi connectivity index (χ3n) is 3.05. The summed E-state index contributed by atoms with van der Waals surface area (Å²) in [5.74, 6) is 0.514. The van der Waals surface area contributed by atoms with E-state index < -0.39 is 9.84 Å². The smallest absolute Gasteiger partial charge is 0.324 e. The lowest BCUT2D eigenvalue weighted by molar-refractivity contribution is 0.197. The van der Waals surface area contributed by atoms with E-state index >= 15 is 0 Å². The molecule has 1 aromatic rings. The van der Waals surface area contributed by atoms with Crippen molar-refractivity contribution in [2.75, 3.05) is 23.4 Å². The second-order valence-electron chi connectivity index (χ2n) is 4.38. The van der Waals surface area contributed by atoms with Crippen LogP contribution in [-0.4, -0.2) is 43.4 Å². The first-order valence-electron chi connectivity index (χ1n) is 5.94. The van der Waals surface area contributed by atoms with E-state index in [-0.39, 0.29) is 23.6 Å². The first-order chi connectivity index (χ1) is 8.91. The minimum absolute atomic E-state index is 0.0378. The van der Waals surface area contributed by atoms with Gasteiger partial charge in [-0.2, -0.15) is 0 Å². The van der Waals surface area contributed by atoms with Crippen molar-refractivity contribution in [3.63, 3.8) is 0 Å². The molecule has 0 spiro atoms. The summed E-state index contributed by atoms with van der Waals surface area (Å²) >= 11 is 3.15. The van der Waals surface area contributed by atoms with Crippen molar-refractivity contribution < 1.29 is 17.6 Å². The number of carbonyl (C=O) groups excluding carboxylic acids is 1. The minimum Gasteiger partial charge on any atom is -0.434 e. The quantitative estimate of drug-likeness (QED) is 0.904. The highest BCUT2D eigenvalue weighted by Gasteiger charge is 2.34. The van der Waals surface area contributed by atoms with Gasteiger partial charge in [0.05, 0.1) is 11.5 Å². The van der Waals surface area contributed by atoms with E-state index in [9.17, 15) is 13.2 Å². The van der Waals surface area contributed by atoms with E-state index in [1.807, 2.05) is 6.92 Å². The maximum Gasteiger partial charge on any atom is 0.324 e. The molecule has 2 heterocycles. The van der Waals surface area contributed by atoms with Gasteiger partial charge >= 0.3 is 6.03 Å². The van der Waals surface area contributed by atoms with Crippen molar-refractivity contribution in [1.82, 2.24) is 4.90 Å². The molecule has 19 heavy (non-hydrogen) atoms. The number of nitrogens with one attached hydrogen (secondary N) is 1. The van der Waals surface area contributed by atoms with Crippen LogP contribution < -0.4 is 5.32 Å². The maximum absolute atomic E-state index is 12.1. The summed E-state index contributed by atoms with van der Waals surface area (Å²) < 4.78 is 28.6. The van der Waals surface area contributed by atoms with Gasteiger partial charge in [-0.3, -0.25) is 5.32 Å². The highest BCUT2D eigenvalue weighted by Crippen LogP contribution is 2.21. The zero-order chi connectivity index (χ0) is 14.0. The Morgan fingerprint density at radius 3 is 2.79 bits per heavy atom. The van der Waals surface area contributed by atoms with Crippen LogP contribution in [0.3, 0.4) is 0 Å². The molecule has 0 aliphatic carbocycles. The maximum atomic E-state index is 12.1. The van der Waals surface area contributed by atoms with E-state index in [0.717, 1.165) is 0 Å². The molecule has 1 unspecified atom stereocenters. The van der Waals surface area contributed by atoms with Crippen LogP contribution in [0.2, 0.25) is 0 Å². The number of urea groups is 1. The van der Waals surface area contributed by atoms with Gasteiger partial charge in [0.1, 0.15) is 0 Å². The number of hydrogen-bond donors (Lipinski definition) is 1. The molecule has 1 saturated heterocycles. The van der Waals surface area contributed by atoms with Crippen LogP contribution in [-0.2, 0) is 9.84 Å². The van der Waals surface area contributed by atoms with Gasteiger partial charge < -0.3 is 9.32 Å². The number of sulfone groups is 1. The predicted molar refractivity (Wildman–Crippen MR) is 74.9 cm³/mol. The van der Waals surface area contributed by atoms with Gasteiger partial charge in [-0.1, -0.05) is 0 Å². The fourth-order valence-electron chi connectivity index (χ4n) is 2.15. The summed E-state index contributed by atoms with van der Waals surface area (Å²) in [4.78, 5) is 13.6. The Hall–Kier alpha value is -1.02. The molecule has 1 aliphatic rings. The van der Waals surface area contributed by atoms with Gasteiger partial charge in [-0.05, 0) is 35.3 Å². The Bertz CT molecular complexity index is 569. The number of furan rings is 1. The lowest BCUT2D eigenvalue weighted by Crippen LogP contribution is -2.43. The molecule has 0 saturated carbocycles. The molecule has 1 aliphatic heterocycles. The van der Waals surface area contributed by atoms with Gasteiger partial charge in [0.25, 0.3) is 0 Å². The van der Waals surface area contributed by atoms with Gasteiger partial charge in [0.2, 0.25) is 5.88 Å². The highest BCUT2D eigenvalue weighted by molar-refractivity contribution is 9.10. The largest absolute Gasteiger partial charge is 0.434 e. The SMILES string of the molecule is CCN(C(=O)Nc1ccc(Br)o1)C1CCS(=O)(=O)C1. The number of anilines is 1. The average molecular weight is 351 g/mol. The molecule has 1 atom stereocenters. The van der Waals surface area contributed by atoms with E-state index in [1.165, 1.54) is 4.90 Å². The van der Waals surface area contributed by atoms with Crippen LogP contribution in [0.15, 0.2) is 21.2 Å². The van der Waals surface area contributed by atoms with Crippen molar-refractivity contribution >= 4 is 37.7 Å². The molecule has 2 amide bonds. The normalized spacial score (nSPS) is 21.3. The third kappa shape index (κ3) is 3.50. The molecule has 0 aromatic carbocycles. The Morgan fingerprint density at radius 2 is 2.32 bits per heavy atom. The average Bonchev–Trinajstić information content (AvgIpc) is 2.86. The number of halogens is 1. The lowest BCUT2D eigenvalue weighted by atomic mass is 10.2. The van der Waals surface area contributed by atoms with Crippen LogP contribution in [0.25, 0.3) is 0 Å².